The van der Waals surface area contributed by atoms with Crippen LogP contribution in [-0.4, -0.2) is 17.6 Å². The standard InChI is InChI=1S/C16H16BrNO3/c1-11(19)12-5-7-15(8-6-12)21-10-16(20)18-14-4-2-3-13(17)9-14/h2-9,11,19H,10H2,1H3,(H,18,20). The van der Waals surface area contributed by atoms with Crippen molar-refractivity contribution in [2.45, 2.75) is 13.0 Å². The average Bonchev–Trinajstić information content (AvgIpc) is 2.45. The molecule has 0 spiro atoms. The molecule has 0 bridgehead atoms. The first-order valence-corrected chi connectivity index (χ1v) is 7.30. The summed E-state index contributed by atoms with van der Waals surface area (Å²) in [6.07, 6.45) is -0.515. The molecule has 1 unspecified atom stereocenters. The molecule has 2 N–H and O–H groups in total. The number of carbonyl (C=O) groups is 1. The summed E-state index contributed by atoms with van der Waals surface area (Å²) in [5, 5.41) is 12.2. The van der Waals surface area contributed by atoms with Gasteiger partial charge >= 0.3 is 0 Å². The van der Waals surface area contributed by atoms with Gasteiger partial charge in [0.15, 0.2) is 6.61 Å². The molecule has 0 saturated heterocycles. The molecule has 0 fully saturated rings. The molecule has 0 heterocycles. The van der Waals surface area contributed by atoms with Crippen molar-refractivity contribution in [3.05, 3.63) is 58.6 Å². The topological polar surface area (TPSA) is 58.6 Å². The molecule has 1 amide bonds. The number of aliphatic hydroxyl groups excluding tert-OH is 1. The number of halogens is 1. The van der Waals surface area contributed by atoms with Crippen LogP contribution in [0.1, 0.15) is 18.6 Å². The van der Waals surface area contributed by atoms with Crippen molar-refractivity contribution in [3.8, 4) is 5.75 Å². The molecule has 0 aliphatic rings. The molecule has 5 heteroatoms. The number of anilines is 1. The number of amides is 1. The Morgan fingerprint density at radius 1 is 1.29 bits per heavy atom. The van der Waals surface area contributed by atoms with Gasteiger partial charge in [-0.2, -0.15) is 0 Å². The fraction of sp³-hybridized carbons (Fsp3) is 0.188. The van der Waals surface area contributed by atoms with Crippen molar-refractivity contribution in [1.82, 2.24) is 0 Å². The van der Waals surface area contributed by atoms with Crippen LogP contribution in [0.5, 0.6) is 5.75 Å². The maximum Gasteiger partial charge on any atom is 0.262 e. The Bertz CT molecular complexity index is 611. The molecule has 21 heavy (non-hydrogen) atoms. The summed E-state index contributed by atoms with van der Waals surface area (Å²) in [6.45, 7) is 1.63. The highest BCUT2D eigenvalue weighted by molar-refractivity contribution is 9.10. The molecule has 0 aliphatic carbocycles. The molecule has 0 aromatic heterocycles. The number of carbonyl (C=O) groups excluding carboxylic acids is 1. The van der Waals surface area contributed by atoms with Gasteiger partial charge in [-0.25, -0.2) is 0 Å². The molecule has 0 saturated carbocycles. The Balaban J connectivity index is 1.86. The van der Waals surface area contributed by atoms with Crippen LogP contribution >= 0.6 is 15.9 Å². The minimum absolute atomic E-state index is 0.0689. The summed E-state index contributed by atoms with van der Waals surface area (Å²) in [6, 6.07) is 14.3. The fourth-order valence-corrected chi connectivity index (χ4v) is 2.15. The fourth-order valence-electron chi connectivity index (χ4n) is 1.75. The summed E-state index contributed by atoms with van der Waals surface area (Å²) in [4.78, 5) is 11.8. The second-order valence-corrected chi connectivity index (χ2v) is 5.51. The van der Waals surface area contributed by atoms with Crippen LogP contribution in [0.3, 0.4) is 0 Å². The molecular formula is C16H16BrNO3. The van der Waals surface area contributed by atoms with Gasteiger partial charge in [0.1, 0.15) is 5.75 Å². The van der Waals surface area contributed by atoms with Crippen LogP contribution in [0.15, 0.2) is 53.0 Å². The minimum atomic E-state index is -0.515. The number of nitrogens with one attached hydrogen (secondary N) is 1. The Morgan fingerprint density at radius 3 is 2.62 bits per heavy atom. The van der Waals surface area contributed by atoms with Gasteiger partial charge in [0.25, 0.3) is 5.91 Å². The van der Waals surface area contributed by atoms with Crippen molar-refractivity contribution >= 4 is 27.5 Å². The third kappa shape index (κ3) is 4.88. The van der Waals surface area contributed by atoms with E-state index in [-0.39, 0.29) is 12.5 Å². The Labute approximate surface area is 131 Å². The predicted octanol–water partition coefficient (Wildman–Crippen LogP) is 3.52. The van der Waals surface area contributed by atoms with Crippen molar-refractivity contribution in [1.29, 1.82) is 0 Å². The molecule has 0 aliphatic heterocycles. The summed E-state index contributed by atoms with van der Waals surface area (Å²) in [5.74, 6) is 0.358. The Morgan fingerprint density at radius 2 is 2.00 bits per heavy atom. The third-order valence-corrected chi connectivity index (χ3v) is 3.33. The first kappa shape index (κ1) is 15.5. The van der Waals surface area contributed by atoms with Crippen molar-refractivity contribution < 1.29 is 14.6 Å². The van der Waals surface area contributed by atoms with Crippen LogP contribution < -0.4 is 10.1 Å². The molecule has 1 atom stereocenters. The van der Waals surface area contributed by atoms with Crippen LogP contribution in [0, 0.1) is 0 Å². The maximum absolute atomic E-state index is 11.8. The number of aliphatic hydroxyl groups is 1. The van der Waals surface area contributed by atoms with E-state index in [4.69, 9.17) is 4.74 Å². The second kappa shape index (κ2) is 7.24. The van der Waals surface area contributed by atoms with Gasteiger partial charge in [-0.15, -0.1) is 0 Å². The van der Waals surface area contributed by atoms with Gasteiger partial charge < -0.3 is 15.2 Å². The first-order valence-electron chi connectivity index (χ1n) is 6.51. The van der Waals surface area contributed by atoms with Gasteiger partial charge in [0.05, 0.1) is 6.10 Å². The van der Waals surface area contributed by atoms with E-state index in [1.54, 1.807) is 37.3 Å². The summed E-state index contributed by atoms with van der Waals surface area (Å²) >= 11 is 3.34. The zero-order valence-electron chi connectivity index (χ0n) is 11.5. The van der Waals surface area contributed by atoms with Crippen LogP contribution in [0.2, 0.25) is 0 Å². The van der Waals surface area contributed by atoms with Crippen molar-refractivity contribution in [2.24, 2.45) is 0 Å². The van der Waals surface area contributed by atoms with E-state index in [1.807, 2.05) is 18.2 Å². The average molecular weight is 350 g/mol. The predicted molar refractivity (Wildman–Crippen MR) is 85.3 cm³/mol. The van der Waals surface area contributed by atoms with Crippen molar-refractivity contribution in [3.63, 3.8) is 0 Å². The Hall–Kier alpha value is -1.85. The van der Waals surface area contributed by atoms with Crippen LogP contribution in [0.25, 0.3) is 0 Å². The smallest absolute Gasteiger partial charge is 0.262 e. The van der Waals surface area contributed by atoms with E-state index in [9.17, 15) is 9.90 Å². The zero-order valence-corrected chi connectivity index (χ0v) is 13.1. The minimum Gasteiger partial charge on any atom is -0.484 e. The van der Waals surface area contributed by atoms with E-state index in [1.165, 1.54) is 0 Å². The number of hydrogen-bond donors (Lipinski definition) is 2. The van der Waals surface area contributed by atoms with E-state index < -0.39 is 6.10 Å². The number of benzene rings is 2. The number of hydrogen-bond acceptors (Lipinski definition) is 3. The highest BCUT2D eigenvalue weighted by atomic mass is 79.9. The molecule has 4 nitrogen and oxygen atoms in total. The highest BCUT2D eigenvalue weighted by Crippen LogP contribution is 2.18. The second-order valence-electron chi connectivity index (χ2n) is 4.59. The molecular weight excluding hydrogens is 334 g/mol. The lowest BCUT2D eigenvalue weighted by atomic mass is 10.1. The SMILES string of the molecule is CC(O)c1ccc(OCC(=O)Nc2cccc(Br)c2)cc1. The monoisotopic (exact) mass is 349 g/mol. The molecule has 2 rings (SSSR count). The molecule has 0 radical (unpaired) electrons. The van der Waals surface area contributed by atoms with E-state index in [0.29, 0.717) is 11.4 Å². The maximum atomic E-state index is 11.8. The summed E-state index contributed by atoms with van der Waals surface area (Å²) in [7, 11) is 0. The highest BCUT2D eigenvalue weighted by Gasteiger charge is 2.05. The van der Waals surface area contributed by atoms with Gasteiger partial charge in [0.2, 0.25) is 0 Å². The first-order chi connectivity index (χ1) is 10.0. The summed E-state index contributed by atoms with van der Waals surface area (Å²) in [5.41, 5.74) is 1.52. The summed E-state index contributed by atoms with van der Waals surface area (Å²) < 4.78 is 6.30. The van der Waals surface area contributed by atoms with Gasteiger partial charge in [0, 0.05) is 10.2 Å². The van der Waals surface area contributed by atoms with Gasteiger partial charge in [-0.3, -0.25) is 4.79 Å². The largest absolute Gasteiger partial charge is 0.484 e. The lowest BCUT2D eigenvalue weighted by Crippen LogP contribution is -2.20. The van der Waals surface area contributed by atoms with Gasteiger partial charge in [-0.05, 0) is 42.8 Å². The number of rotatable bonds is 5. The van der Waals surface area contributed by atoms with E-state index in [0.717, 1.165) is 10.0 Å². The lowest BCUT2D eigenvalue weighted by molar-refractivity contribution is -0.118. The van der Waals surface area contributed by atoms with E-state index in [2.05, 4.69) is 21.2 Å². The number of ether oxygens (including phenoxy) is 1. The Kier molecular flexibility index (Phi) is 5.36. The quantitative estimate of drug-likeness (QED) is 0.868. The molecule has 110 valence electrons. The van der Waals surface area contributed by atoms with Crippen LogP contribution in [0.4, 0.5) is 5.69 Å². The van der Waals surface area contributed by atoms with Crippen molar-refractivity contribution in [2.75, 3.05) is 11.9 Å². The third-order valence-electron chi connectivity index (χ3n) is 2.84. The molecule has 2 aromatic rings. The lowest BCUT2D eigenvalue weighted by Gasteiger charge is -2.09. The van der Waals surface area contributed by atoms with Gasteiger partial charge in [-0.1, -0.05) is 34.1 Å². The van der Waals surface area contributed by atoms with E-state index >= 15 is 0 Å². The zero-order chi connectivity index (χ0) is 15.2. The molecule has 2 aromatic carbocycles. The van der Waals surface area contributed by atoms with Crippen LogP contribution in [-0.2, 0) is 4.79 Å². The normalized spacial score (nSPS) is 11.8.